The Morgan fingerprint density at radius 3 is 3.00 bits per heavy atom. The van der Waals surface area contributed by atoms with Gasteiger partial charge in [-0.2, -0.15) is 9.98 Å². The summed E-state index contributed by atoms with van der Waals surface area (Å²) in [5.41, 5.74) is 5.79. The lowest BCUT2D eigenvalue weighted by Gasteiger charge is -2.03. The third kappa shape index (κ3) is 0.874. The molecule has 2 N–H and O–H groups in total. The SMILES string of the molecule is NC1=NC(=S)C2=N[C]=NC2=N1. The molecule has 0 saturated heterocycles. The highest BCUT2D eigenvalue weighted by molar-refractivity contribution is 7.82. The molecule has 2 heterocycles. The summed E-state index contributed by atoms with van der Waals surface area (Å²) in [6.45, 7) is 0. The van der Waals surface area contributed by atoms with Crippen LogP contribution in [-0.2, 0) is 0 Å². The maximum absolute atomic E-state index is 5.31. The van der Waals surface area contributed by atoms with Crippen LogP contribution in [0.2, 0.25) is 0 Å². The van der Waals surface area contributed by atoms with E-state index in [0.717, 1.165) is 0 Å². The zero-order chi connectivity index (χ0) is 7.84. The molecular formula is C5H2N5S. The van der Waals surface area contributed by atoms with E-state index in [9.17, 15) is 0 Å². The highest BCUT2D eigenvalue weighted by Gasteiger charge is 2.21. The molecule has 0 fully saturated rings. The van der Waals surface area contributed by atoms with E-state index in [1.807, 2.05) is 0 Å². The summed E-state index contributed by atoms with van der Waals surface area (Å²) in [5.74, 6) is 0.527. The van der Waals surface area contributed by atoms with Crippen LogP contribution in [0.1, 0.15) is 0 Å². The smallest absolute Gasteiger partial charge is 0.223 e. The van der Waals surface area contributed by atoms with E-state index >= 15 is 0 Å². The number of aliphatic imine (C=N–C) groups is 4. The van der Waals surface area contributed by atoms with Crippen LogP contribution in [0.4, 0.5) is 0 Å². The Kier molecular flexibility index (Phi) is 1.16. The monoisotopic (exact) mass is 164 g/mol. The van der Waals surface area contributed by atoms with Gasteiger partial charge in [0.2, 0.25) is 12.3 Å². The van der Waals surface area contributed by atoms with Gasteiger partial charge in [0.1, 0.15) is 5.71 Å². The van der Waals surface area contributed by atoms with E-state index < -0.39 is 0 Å². The molecule has 0 saturated carbocycles. The van der Waals surface area contributed by atoms with Crippen molar-refractivity contribution < 1.29 is 0 Å². The van der Waals surface area contributed by atoms with Crippen LogP contribution < -0.4 is 5.73 Å². The lowest BCUT2D eigenvalue weighted by Crippen LogP contribution is -2.27. The summed E-state index contributed by atoms with van der Waals surface area (Å²) in [6.07, 6.45) is 2.38. The maximum Gasteiger partial charge on any atom is 0.223 e. The third-order valence-electron chi connectivity index (χ3n) is 1.17. The van der Waals surface area contributed by atoms with Gasteiger partial charge in [-0.15, -0.1) is 0 Å². The predicted molar refractivity (Wildman–Crippen MR) is 46.5 cm³/mol. The number of amidine groups is 1. The minimum absolute atomic E-state index is 0.122. The van der Waals surface area contributed by atoms with Crippen LogP contribution in [0.25, 0.3) is 0 Å². The van der Waals surface area contributed by atoms with Gasteiger partial charge in [-0.25, -0.2) is 9.98 Å². The Hall–Kier alpha value is -1.43. The molecule has 0 bridgehead atoms. The number of fused-ring (bicyclic) bond motifs is 1. The second-order valence-electron chi connectivity index (χ2n) is 1.88. The van der Waals surface area contributed by atoms with Gasteiger partial charge in [0.05, 0.1) is 0 Å². The van der Waals surface area contributed by atoms with Gasteiger partial charge in [0.25, 0.3) is 0 Å². The lowest BCUT2D eigenvalue weighted by molar-refractivity contribution is 1.47. The number of hydrogen-bond acceptors (Lipinski definition) is 5. The highest BCUT2D eigenvalue weighted by atomic mass is 32.1. The molecule has 0 aromatic rings. The van der Waals surface area contributed by atoms with Gasteiger partial charge in [-0.3, -0.25) is 0 Å². The number of nitrogens with zero attached hydrogens (tertiary/aromatic N) is 4. The zero-order valence-corrected chi connectivity index (χ0v) is 6.09. The Balaban J connectivity index is 2.54. The van der Waals surface area contributed by atoms with Crippen molar-refractivity contribution in [2.75, 3.05) is 0 Å². The lowest BCUT2D eigenvalue weighted by atomic mass is 10.3. The fraction of sp³-hybridized carbons (Fsp3) is 0. The minimum atomic E-state index is 0.122. The molecule has 0 atom stereocenters. The first-order valence-corrected chi connectivity index (χ1v) is 3.19. The molecular weight excluding hydrogens is 162 g/mol. The van der Waals surface area contributed by atoms with E-state index in [0.29, 0.717) is 16.5 Å². The molecule has 2 aliphatic rings. The van der Waals surface area contributed by atoms with Gasteiger partial charge in [-0.1, -0.05) is 12.2 Å². The third-order valence-corrected chi connectivity index (χ3v) is 1.45. The second kappa shape index (κ2) is 2.03. The van der Waals surface area contributed by atoms with Crippen LogP contribution >= 0.6 is 12.2 Å². The van der Waals surface area contributed by atoms with E-state index in [2.05, 4.69) is 26.3 Å². The molecule has 1 radical (unpaired) electrons. The van der Waals surface area contributed by atoms with Crippen molar-refractivity contribution in [3.8, 4) is 0 Å². The minimum Gasteiger partial charge on any atom is -0.368 e. The molecule has 0 aliphatic carbocycles. The van der Waals surface area contributed by atoms with Crippen molar-refractivity contribution in [2.24, 2.45) is 25.7 Å². The Labute approximate surface area is 67.5 Å². The first-order chi connectivity index (χ1) is 5.27. The zero-order valence-electron chi connectivity index (χ0n) is 5.27. The van der Waals surface area contributed by atoms with Crippen molar-refractivity contribution in [3.05, 3.63) is 0 Å². The summed E-state index contributed by atoms with van der Waals surface area (Å²) in [6, 6.07) is 0. The van der Waals surface area contributed by atoms with Gasteiger partial charge in [0, 0.05) is 0 Å². The average molecular weight is 164 g/mol. The molecule has 2 rings (SSSR count). The van der Waals surface area contributed by atoms with Crippen LogP contribution in [0.15, 0.2) is 20.0 Å². The number of nitrogens with two attached hydrogens (primary N) is 1. The van der Waals surface area contributed by atoms with Gasteiger partial charge >= 0.3 is 0 Å². The fourth-order valence-corrected chi connectivity index (χ4v) is 0.968. The average Bonchev–Trinajstić information content (AvgIpc) is 2.34. The van der Waals surface area contributed by atoms with Crippen LogP contribution in [0.3, 0.4) is 0 Å². The number of hydrogen-bond donors (Lipinski definition) is 1. The molecule has 0 aromatic heterocycles. The topological polar surface area (TPSA) is 75.5 Å². The van der Waals surface area contributed by atoms with Crippen molar-refractivity contribution in [2.45, 2.75) is 0 Å². The largest absolute Gasteiger partial charge is 0.368 e. The van der Waals surface area contributed by atoms with Gasteiger partial charge in [0.15, 0.2) is 10.8 Å². The Bertz CT molecular complexity index is 348. The normalized spacial score (nSPS) is 20.7. The number of guanidine groups is 1. The second-order valence-corrected chi connectivity index (χ2v) is 2.27. The van der Waals surface area contributed by atoms with Gasteiger partial charge < -0.3 is 5.73 Å². The standard InChI is InChI=1S/C5H2N5S/c6-5-9-3-2(4(11)10-5)7-1-8-3/h(H2,6,10,11). The van der Waals surface area contributed by atoms with Crippen molar-refractivity contribution >= 4 is 41.1 Å². The number of rotatable bonds is 0. The molecule has 53 valence electrons. The molecule has 0 unspecified atom stereocenters. The quantitative estimate of drug-likeness (QED) is 0.485. The summed E-state index contributed by atoms with van der Waals surface area (Å²) >= 11 is 4.84. The van der Waals surface area contributed by atoms with E-state index in [4.69, 9.17) is 18.0 Å². The molecule has 0 aromatic carbocycles. The van der Waals surface area contributed by atoms with Crippen molar-refractivity contribution in [1.82, 2.24) is 0 Å². The van der Waals surface area contributed by atoms with Crippen LogP contribution in [-0.4, -0.2) is 28.8 Å². The predicted octanol–water partition coefficient (Wildman–Crippen LogP) is -0.600. The highest BCUT2D eigenvalue weighted by Crippen LogP contribution is 2.03. The molecule has 2 aliphatic heterocycles. The Morgan fingerprint density at radius 2 is 2.18 bits per heavy atom. The molecule has 0 spiro atoms. The van der Waals surface area contributed by atoms with E-state index in [1.54, 1.807) is 0 Å². The van der Waals surface area contributed by atoms with E-state index in [1.165, 1.54) is 0 Å². The Morgan fingerprint density at radius 1 is 1.36 bits per heavy atom. The molecule has 6 heteroatoms. The van der Waals surface area contributed by atoms with E-state index in [-0.39, 0.29) is 5.96 Å². The molecule has 0 amide bonds. The van der Waals surface area contributed by atoms with Crippen molar-refractivity contribution in [3.63, 3.8) is 0 Å². The summed E-state index contributed by atoms with van der Waals surface area (Å²) in [7, 11) is 0. The summed E-state index contributed by atoms with van der Waals surface area (Å²) < 4.78 is 0. The molecule has 5 nitrogen and oxygen atoms in total. The molecule has 11 heavy (non-hydrogen) atoms. The maximum atomic E-state index is 5.31. The first-order valence-electron chi connectivity index (χ1n) is 2.78. The van der Waals surface area contributed by atoms with Crippen LogP contribution in [0, 0.1) is 0 Å². The number of thiocarbonyl (C=S) groups is 1. The summed E-state index contributed by atoms with van der Waals surface area (Å²) in [5, 5.41) is 0. The van der Waals surface area contributed by atoms with Gasteiger partial charge in [-0.05, 0) is 0 Å². The first kappa shape index (κ1) is 6.29. The fourth-order valence-electron chi connectivity index (χ4n) is 0.737. The summed E-state index contributed by atoms with van der Waals surface area (Å²) in [4.78, 5) is 15.3. The van der Waals surface area contributed by atoms with Crippen LogP contribution in [0.5, 0.6) is 0 Å². The van der Waals surface area contributed by atoms with Crippen molar-refractivity contribution in [1.29, 1.82) is 0 Å².